The topological polar surface area (TPSA) is 38.1 Å². The molecule has 1 aliphatic rings. The van der Waals surface area contributed by atoms with E-state index in [0.29, 0.717) is 25.0 Å². The van der Waals surface area contributed by atoms with Crippen molar-refractivity contribution in [2.24, 2.45) is 0 Å². The van der Waals surface area contributed by atoms with Crippen molar-refractivity contribution in [3.05, 3.63) is 41.9 Å². The number of nitrogens with zero attached hydrogens (tertiary/aromatic N) is 2. The molecule has 2 heterocycles. The summed E-state index contributed by atoms with van der Waals surface area (Å²) in [5.74, 6) is -0.959. The summed E-state index contributed by atoms with van der Waals surface area (Å²) in [6.07, 6.45) is 4.35. The van der Waals surface area contributed by atoms with Crippen molar-refractivity contribution < 1.29 is 18.3 Å². The van der Waals surface area contributed by atoms with Gasteiger partial charge in [-0.25, -0.2) is 18.2 Å². The molecule has 0 saturated heterocycles. The van der Waals surface area contributed by atoms with Gasteiger partial charge in [0.25, 0.3) is 0 Å². The molecular weight excluding hydrogens is 329 g/mol. The van der Waals surface area contributed by atoms with Crippen LogP contribution >= 0.6 is 0 Å². The molecule has 136 valence electrons. The molecule has 1 aromatic heterocycles. The summed E-state index contributed by atoms with van der Waals surface area (Å²) < 4.78 is 44.4. The molecule has 2 aromatic rings. The number of imidazole rings is 1. The largest absolute Gasteiger partial charge is 0.393 e. The molecule has 0 fully saturated rings. The Hall–Kier alpha value is -1.82. The molecule has 0 spiro atoms. The van der Waals surface area contributed by atoms with Gasteiger partial charge < -0.3 is 9.67 Å². The maximum Gasteiger partial charge on any atom is 0.133 e. The number of halogens is 3. The van der Waals surface area contributed by atoms with Crippen molar-refractivity contribution in [1.82, 2.24) is 9.55 Å². The third-order valence-electron chi connectivity index (χ3n) is 4.92. The van der Waals surface area contributed by atoms with Crippen LogP contribution in [0.5, 0.6) is 0 Å². The number of alkyl halides is 1. The Balaban J connectivity index is 1.69. The summed E-state index contributed by atoms with van der Waals surface area (Å²) in [7, 11) is 0. The molecule has 0 saturated carbocycles. The molecule has 0 bridgehead atoms. The van der Waals surface area contributed by atoms with Gasteiger partial charge in [0.2, 0.25) is 0 Å². The standard InChI is InChI=1S/C19H23F3N2O/c1-2-3-13(25)6-4-12(20)5-9-16-18-14(21)7-8-15(22)19(18)17-10-23-11-24(16)17/h7-8,10-13,16,25H,2-6,9H2,1H3. The predicted octanol–water partition coefficient (Wildman–Crippen LogP) is 4.79. The van der Waals surface area contributed by atoms with Crippen LogP contribution in [-0.2, 0) is 0 Å². The molecule has 1 aliphatic heterocycles. The van der Waals surface area contributed by atoms with Crippen LogP contribution in [-0.4, -0.2) is 26.9 Å². The van der Waals surface area contributed by atoms with Crippen LogP contribution in [0.2, 0.25) is 0 Å². The van der Waals surface area contributed by atoms with E-state index in [2.05, 4.69) is 4.98 Å². The molecule has 1 N–H and O–H groups in total. The predicted molar refractivity (Wildman–Crippen MR) is 90.0 cm³/mol. The number of aliphatic hydroxyl groups is 1. The van der Waals surface area contributed by atoms with Crippen LogP contribution in [0.1, 0.15) is 57.1 Å². The Labute approximate surface area is 145 Å². The molecular formula is C19H23F3N2O. The quantitative estimate of drug-likeness (QED) is 0.742. The highest BCUT2D eigenvalue weighted by Crippen LogP contribution is 2.44. The summed E-state index contributed by atoms with van der Waals surface area (Å²) in [5, 5.41) is 9.71. The summed E-state index contributed by atoms with van der Waals surface area (Å²) in [6.45, 7) is 1.98. The lowest BCUT2D eigenvalue weighted by atomic mass is 9.96. The average molecular weight is 352 g/mol. The third-order valence-corrected chi connectivity index (χ3v) is 4.92. The van der Waals surface area contributed by atoms with E-state index in [9.17, 15) is 18.3 Å². The Kier molecular flexibility index (Phi) is 5.47. The van der Waals surface area contributed by atoms with E-state index in [1.54, 1.807) is 4.57 Å². The number of fused-ring (bicyclic) bond motifs is 3. The number of benzene rings is 1. The van der Waals surface area contributed by atoms with Crippen LogP contribution in [0.25, 0.3) is 11.3 Å². The lowest BCUT2D eigenvalue weighted by molar-refractivity contribution is 0.135. The Bertz CT molecular complexity index is 731. The Morgan fingerprint density at radius 1 is 1.16 bits per heavy atom. The first kappa shape index (κ1) is 18.0. The smallest absolute Gasteiger partial charge is 0.133 e. The zero-order chi connectivity index (χ0) is 18.0. The van der Waals surface area contributed by atoms with E-state index in [1.807, 2.05) is 6.92 Å². The first-order valence-corrected chi connectivity index (χ1v) is 8.85. The first-order valence-electron chi connectivity index (χ1n) is 8.85. The first-order chi connectivity index (χ1) is 12.0. The monoisotopic (exact) mass is 352 g/mol. The minimum atomic E-state index is -1.07. The van der Waals surface area contributed by atoms with Gasteiger partial charge in [0.1, 0.15) is 17.8 Å². The number of hydrogen-bond donors (Lipinski definition) is 1. The van der Waals surface area contributed by atoms with Crippen molar-refractivity contribution in [2.45, 2.75) is 63.8 Å². The van der Waals surface area contributed by atoms with E-state index in [4.69, 9.17) is 0 Å². The second kappa shape index (κ2) is 7.60. The summed E-state index contributed by atoms with van der Waals surface area (Å²) in [4.78, 5) is 4.02. The van der Waals surface area contributed by atoms with Crippen molar-refractivity contribution in [2.75, 3.05) is 0 Å². The van der Waals surface area contributed by atoms with Crippen LogP contribution in [0.4, 0.5) is 13.2 Å². The summed E-state index contributed by atoms with van der Waals surface area (Å²) in [6, 6.07) is 1.79. The lowest BCUT2D eigenvalue weighted by Crippen LogP contribution is -2.13. The second-order valence-electron chi connectivity index (χ2n) is 6.71. The molecule has 0 radical (unpaired) electrons. The minimum absolute atomic E-state index is 0.233. The SMILES string of the molecule is CCCC(O)CCC(F)CCC1c2c(F)ccc(F)c2-c2cncn21. The number of aliphatic hydroxyl groups excluding tert-OH is 1. The second-order valence-corrected chi connectivity index (χ2v) is 6.71. The number of aromatic nitrogens is 2. The maximum absolute atomic E-state index is 14.3. The molecule has 0 amide bonds. The van der Waals surface area contributed by atoms with Crippen LogP contribution < -0.4 is 0 Å². The number of rotatable bonds is 8. The highest BCUT2D eigenvalue weighted by Gasteiger charge is 2.33. The van der Waals surface area contributed by atoms with Crippen LogP contribution in [0.3, 0.4) is 0 Å². The van der Waals surface area contributed by atoms with E-state index >= 15 is 0 Å². The van der Waals surface area contributed by atoms with Gasteiger partial charge in [-0.1, -0.05) is 13.3 Å². The summed E-state index contributed by atoms with van der Waals surface area (Å²) in [5.41, 5.74) is 1.05. The number of hydrogen-bond acceptors (Lipinski definition) is 2. The highest BCUT2D eigenvalue weighted by molar-refractivity contribution is 5.70. The molecule has 6 heteroatoms. The zero-order valence-corrected chi connectivity index (χ0v) is 14.3. The van der Waals surface area contributed by atoms with E-state index in [0.717, 1.165) is 18.6 Å². The Morgan fingerprint density at radius 2 is 1.92 bits per heavy atom. The van der Waals surface area contributed by atoms with Crippen molar-refractivity contribution >= 4 is 0 Å². The van der Waals surface area contributed by atoms with Gasteiger partial charge in [0, 0.05) is 11.1 Å². The molecule has 1 aromatic carbocycles. The van der Waals surface area contributed by atoms with Crippen molar-refractivity contribution in [1.29, 1.82) is 0 Å². The Morgan fingerprint density at radius 3 is 2.68 bits per heavy atom. The molecule has 3 rings (SSSR count). The zero-order valence-electron chi connectivity index (χ0n) is 14.3. The molecule has 0 aliphatic carbocycles. The minimum Gasteiger partial charge on any atom is -0.393 e. The van der Waals surface area contributed by atoms with Gasteiger partial charge in [0.15, 0.2) is 0 Å². The fraction of sp³-hybridized carbons (Fsp3) is 0.526. The van der Waals surface area contributed by atoms with Crippen LogP contribution in [0.15, 0.2) is 24.7 Å². The van der Waals surface area contributed by atoms with Gasteiger partial charge in [-0.05, 0) is 44.2 Å². The molecule has 3 nitrogen and oxygen atoms in total. The van der Waals surface area contributed by atoms with Crippen molar-refractivity contribution in [3.8, 4) is 11.3 Å². The average Bonchev–Trinajstić information content (AvgIpc) is 3.16. The third kappa shape index (κ3) is 3.59. The molecule has 25 heavy (non-hydrogen) atoms. The van der Waals surface area contributed by atoms with E-state index in [-0.39, 0.29) is 24.0 Å². The fourth-order valence-electron chi connectivity index (χ4n) is 3.66. The lowest BCUT2D eigenvalue weighted by Gasteiger charge is -2.17. The van der Waals surface area contributed by atoms with Gasteiger partial charge in [-0.15, -0.1) is 0 Å². The fourth-order valence-corrected chi connectivity index (χ4v) is 3.66. The van der Waals surface area contributed by atoms with Crippen molar-refractivity contribution in [3.63, 3.8) is 0 Å². The van der Waals surface area contributed by atoms with E-state index in [1.165, 1.54) is 12.5 Å². The van der Waals surface area contributed by atoms with Gasteiger partial charge in [-0.2, -0.15) is 0 Å². The van der Waals surface area contributed by atoms with Gasteiger partial charge in [-0.3, -0.25) is 0 Å². The van der Waals surface area contributed by atoms with E-state index < -0.39 is 30.0 Å². The van der Waals surface area contributed by atoms with Gasteiger partial charge >= 0.3 is 0 Å². The molecule has 3 unspecified atom stereocenters. The van der Waals surface area contributed by atoms with Gasteiger partial charge in [0.05, 0.1) is 30.4 Å². The highest BCUT2D eigenvalue weighted by atomic mass is 19.1. The maximum atomic E-state index is 14.3. The normalized spacial score (nSPS) is 18.0. The van der Waals surface area contributed by atoms with Crippen LogP contribution in [0, 0.1) is 11.6 Å². The summed E-state index contributed by atoms with van der Waals surface area (Å²) >= 11 is 0. The molecule has 3 atom stereocenters.